The van der Waals surface area contributed by atoms with Crippen molar-refractivity contribution in [2.45, 2.75) is 11.8 Å². The molecule has 3 N–H and O–H groups in total. The van der Waals surface area contributed by atoms with Crippen LogP contribution in [0.5, 0.6) is 11.5 Å². The highest BCUT2D eigenvalue weighted by Crippen LogP contribution is 2.79. The minimum atomic E-state index is -1.54. The number of benzene rings is 1. The number of fused-ring (bicyclic) bond motifs is 1. The number of para-hydroxylation sites is 1. The molecule has 0 aromatic heterocycles. The van der Waals surface area contributed by atoms with Crippen molar-refractivity contribution >= 4 is 5.84 Å². The largest absolute Gasteiger partial charge is 0.493 e. The Hall–Kier alpha value is -2.81. The summed E-state index contributed by atoms with van der Waals surface area (Å²) in [7, 11) is 5.82. The normalized spacial score (nSPS) is 31.3. The Morgan fingerprint density at radius 2 is 1.76 bits per heavy atom. The van der Waals surface area contributed by atoms with Gasteiger partial charge in [-0.3, -0.25) is 5.73 Å². The smallest absolute Gasteiger partial charge is 0.342 e. The maximum Gasteiger partial charge on any atom is 0.342 e. The molecule has 0 radical (unpaired) electrons. The molecule has 3 atom stereocenters. The molecule has 1 aromatic carbocycles. The average Bonchev–Trinajstić information content (AvgIpc) is 3.22. The van der Waals surface area contributed by atoms with E-state index in [1.807, 2.05) is 0 Å². The number of nitrogens with two attached hydrogens (primary N) is 1. The van der Waals surface area contributed by atoms with Gasteiger partial charge in [-0.05, 0) is 6.07 Å². The van der Waals surface area contributed by atoms with Crippen LogP contribution in [0.2, 0.25) is 0 Å². The molecule has 3 rings (SSSR count). The topological polar surface area (TPSA) is 124 Å². The molecule has 25 heavy (non-hydrogen) atoms. The standard InChI is InChI=1S/C17H18N4O4/c1-22-11-7-5-6-10(12(11)23-2)13-15(8-18)14(20)21-17(24-3,25-4)16(13,15)9-19/h5-7,13H,1-4H3,(H2,20,21)/p+1/t13-,15+,16+/m0/s1. The predicted molar refractivity (Wildman–Crippen MR) is 85.3 cm³/mol. The Labute approximate surface area is 145 Å². The van der Waals surface area contributed by atoms with E-state index < -0.39 is 22.7 Å². The lowest BCUT2D eigenvalue weighted by Gasteiger charge is -2.27. The van der Waals surface area contributed by atoms with E-state index in [4.69, 9.17) is 24.7 Å². The van der Waals surface area contributed by atoms with E-state index in [1.165, 1.54) is 28.4 Å². The first-order valence-electron chi connectivity index (χ1n) is 7.55. The van der Waals surface area contributed by atoms with Crippen molar-refractivity contribution in [2.24, 2.45) is 16.6 Å². The fraction of sp³-hybridized carbons (Fsp3) is 0.471. The second kappa shape index (κ2) is 5.35. The monoisotopic (exact) mass is 343 g/mol. The van der Waals surface area contributed by atoms with E-state index in [1.54, 1.807) is 18.2 Å². The molecule has 1 aliphatic carbocycles. The van der Waals surface area contributed by atoms with Gasteiger partial charge >= 0.3 is 5.91 Å². The van der Waals surface area contributed by atoms with E-state index in [0.29, 0.717) is 17.1 Å². The highest BCUT2D eigenvalue weighted by atomic mass is 16.7. The number of amidine groups is 1. The molecule has 1 aliphatic heterocycles. The van der Waals surface area contributed by atoms with Crippen LogP contribution in [0.4, 0.5) is 0 Å². The van der Waals surface area contributed by atoms with Gasteiger partial charge in [-0.15, -0.1) is 0 Å². The highest BCUT2D eigenvalue weighted by molar-refractivity contribution is 5.95. The van der Waals surface area contributed by atoms with Gasteiger partial charge in [0.05, 0.1) is 32.3 Å². The summed E-state index contributed by atoms with van der Waals surface area (Å²) >= 11 is 0. The van der Waals surface area contributed by atoms with Gasteiger partial charge in [-0.25, -0.2) is 4.99 Å². The Balaban J connectivity index is 2.30. The summed E-state index contributed by atoms with van der Waals surface area (Å²) < 4.78 is 21.8. The molecule has 8 nitrogen and oxygen atoms in total. The van der Waals surface area contributed by atoms with Crippen molar-refractivity contribution in [3.05, 3.63) is 23.8 Å². The van der Waals surface area contributed by atoms with Crippen LogP contribution < -0.4 is 20.2 Å². The third-order valence-corrected chi connectivity index (χ3v) is 5.32. The molecule has 1 heterocycles. The zero-order valence-corrected chi connectivity index (χ0v) is 14.4. The van der Waals surface area contributed by atoms with Crippen LogP contribution in [0.3, 0.4) is 0 Å². The molecule has 8 heteroatoms. The molecule has 1 saturated carbocycles. The molecule has 1 aromatic rings. The summed E-state index contributed by atoms with van der Waals surface area (Å²) in [5, 5.41) is 20.0. The Kier molecular flexibility index (Phi) is 3.64. The molecule has 0 bridgehead atoms. The van der Waals surface area contributed by atoms with Crippen LogP contribution in [0.15, 0.2) is 18.2 Å². The fourth-order valence-corrected chi connectivity index (χ4v) is 4.22. The van der Waals surface area contributed by atoms with Crippen LogP contribution in [-0.4, -0.2) is 40.2 Å². The maximum atomic E-state index is 10.1. The van der Waals surface area contributed by atoms with Gasteiger partial charge < -0.3 is 18.9 Å². The van der Waals surface area contributed by atoms with Gasteiger partial charge in [0, 0.05) is 19.8 Å². The summed E-state index contributed by atoms with van der Waals surface area (Å²) in [5.41, 5.74) is 4.09. The van der Waals surface area contributed by atoms with Crippen molar-refractivity contribution < 1.29 is 23.9 Å². The molecule has 0 saturated heterocycles. The molecule has 130 valence electrons. The molecular formula is C17H19N4O4+. The number of nitriles is 2. The van der Waals surface area contributed by atoms with Crippen LogP contribution in [-0.2, 0) is 9.47 Å². The van der Waals surface area contributed by atoms with Crippen LogP contribution in [0, 0.1) is 33.5 Å². The number of rotatable bonds is 5. The van der Waals surface area contributed by atoms with Crippen molar-refractivity contribution in [1.29, 1.82) is 10.5 Å². The van der Waals surface area contributed by atoms with E-state index in [2.05, 4.69) is 17.1 Å². The Bertz CT molecular complexity index is 836. The summed E-state index contributed by atoms with van der Waals surface area (Å²) in [6.07, 6.45) is 0. The second-order valence-corrected chi connectivity index (χ2v) is 5.92. The quantitative estimate of drug-likeness (QED) is 0.672. The Morgan fingerprint density at radius 3 is 2.24 bits per heavy atom. The molecule has 0 amide bonds. The number of nitrogens with zero attached hydrogens (tertiary/aromatic N) is 2. The van der Waals surface area contributed by atoms with Crippen LogP contribution >= 0.6 is 0 Å². The molecule has 2 aliphatic rings. The van der Waals surface area contributed by atoms with Gasteiger partial charge in [0.1, 0.15) is 0 Å². The minimum Gasteiger partial charge on any atom is -0.493 e. The number of ether oxygens (including phenoxy) is 4. The first-order chi connectivity index (χ1) is 12.0. The van der Waals surface area contributed by atoms with Gasteiger partial charge in [-0.1, -0.05) is 12.1 Å². The van der Waals surface area contributed by atoms with E-state index in [9.17, 15) is 10.5 Å². The van der Waals surface area contributed by atoms with Crippen molar-refractivity contribution in [2.75, 3.05) is 28.4 Å². The van der Waals surface area contributed by atoms with Gasteiger partial charge in [0.25, 0.3) is 5.84 Å². The summed E-state index contributed by atoms with van der Waals surface area (Å²) in [4.78, 5) is 2.85. The van der Waals surface area contributed by atoms with Crippen molar-refractivity contribution in [3.8, 4) is 23.6 Å². The molecular weight excluding hydrogens is 324 g/mol. The first kappa shape index (κ1) is 17.0. The van der Waals surface area contributed by atoms with E-state index in [-0.39, 0.29) is 5.84 Å². The lowest BCUT2D eigenvalue weighted by molar-refractivity contribution is -0.687. The maximum absolute atomic E-state index is 10.1. The number of hydrogen-bond donors (Lipinski definition) is 2. The summed E-state index contributed by atoms with van der Waals surface area (Å²) in [6, 6.07) is 9.74. The first-order valence-corrected chi connectivity index (χ1v) is 7.55. The van der Waals surface area contributed by atoms with Gasteiger partial charge in [0.15, 0.2) is 22.3 Å². The lowest BCUT2D eigenvalue weighted by atomic mass is 9.93. The fourth-order valence-electron chi connectivity index (χ4n) is 4.22. The second-order valence-electron chi connectivity index (χ2n) is 5.92. The van der Waals surface area contributed by atoms with Gasteiger partial charge in [0.2, 0.25) is 0 Å². The van der Waals surface area contributed by atoms with Crippen LogP contribution in [0.1, 0.15) is 11.5 Å². The van der Waals surface area contributed by atoms with E-state index >= 15 is 0 Å². The number of nitrogens with one attached hydrogen (secondary N) is 1. The molecule has 0 unspecified atom stereocenters. The minimum absolute atomic E-state index is 0.134. The SMILES string of the molecule is COc1cccc([C@H]2[C@]3(C#N)C(N)=[NH+]C(OC)(OC)[C@]23C#N)c1OC. The van der Waals surface area contributed by atoms with Crippen molar-refractivity contribution in [1.82, 2.24) is 0 Å². The lowest BCUT2D eigenvalue weighted by Crippen LogP contribution is -2.90. The third kappa shape index (κ3) is 1.58. The van der Waals surface area contributed by atoms with Gasteiger partial charge in [-0.2, -0.15) is 10.5 Å². The highest BCUT2D eigenvalue weighted by Gasteiger charge is 2.97. The predicted octanol–water partition coefficient (Wildman–Crippen LogP) is -0.781. The third-order valence-electron chi connectivity index (χ3n) is 5.32. The summed E-state index contributed by atoms with van der Waals surface area (Å²) in [5.74, 6) is -1.07. The van der Waals surface area contributed by atoms with E-state index in [0.717, 1.165) is 0 Å². The summed E-state index contributed by atoms with van der Waals surface area (Å²) in [6.45, 7) is 0. The Morgan fingerprint density at radius 1 is 1.08 bits per heavy atom. The average molecular weight is 343 g/mol. The zero-order chi connectivity index (χ0) is 18.5. The molecule has 1 fully saturated rings. The number of methoxy groups -OCH3 is 4. The van der Waals surface area contributed by atoms with Crippen LogP contribution in [0.25, 0.3) is 0 Å². The van der Waals surface area contributed by atoms with Crippen molar-refractivity contribution in [3.63, 3.8) is 0 Å². The molecule has 0 spiro atoms. The zero-order valence-electron chi connectivity index (χ0n) is 14.4. The number of hydrogen-bond acceptors (Lipinski definition) is 7.